The molecule has 2 fully saturated rings. The van der Waals surface area contributed by atoms with Crippen molar-refractivity contribution in [2.75, 3.05) is 48.7 Å². The summed E-state index contributed by atoms with van der Waals surface area (Å²) in [6.07, 6.45) is 3.73. The molecule has 0 saturated carbocycles. The lowest BCUT2D eigenvalue weighted by atomic mass is 9.97. The van der Waals surface area contributed by atoms with Crippen molar-refractivity contribution in [1.82, 2.24) is 19.5 Å². The van der Waals surface area contributed by atoms with Crippen LogP contribution >= 0.6 is 0 Å². The Kier molecular flexibility index (Phi) is 6.84. The second kappa shape index (κ2) is 9.94. The molecule has 1 N–H and O–H groups in total. The number of hydrogen-bond donors (Lipinski definition) is 1. The minimum absolute atomic E-state index is 0.203. The Morgan fingerprint density at radius 3 is 2.57 bits per heavy atom. The zero-order chi connectivity index (χ0) is 26.3. The number of hydrogen-bond acceptors (Lipinski definition) is 7. The van der Waals surface area contributed by atoms with Crippen LogP contribution in [-0.2, 0) is 14.8 Å². The molecule has 2 aliphatic heterocycles. The van der Waals surface area contributed by atoms with Crippen molar-refractivity contribution < 1.29 is 17.9 Å². The van der Waals surface area contributed by atoms with Gasteiger partial charge in [0, 0.05) is 37.0 Å². The Hall–Kier alpha value is -3.18. The Morgan fingerprint density at radius 1 is 1.08 bits per heavy atom. The van der Waals surface area contributed by atoms with Crippen LogP contribution in [0.1, 0.15) is 58.2 Å². The Morgan fingerprint density at radius 2 is 1.84 bits per heavy atom. The number of aryl methyl sites for hydroxylation is 2. The maximum Gasteiger partial charge on any atom is 0.256 e. The van der Waals surface area contributed by atoms with Crippen LogP contribution in [0.15, 0.2) is 24.3 Å². The van der Waals surface area contributed by atoms with E-state index in [0.29, 0.717) is 31.0 Å². The van der Waals surface area contributed by atoms with Crippen LogP contribution < -0.4 is 9.62 Å². The minimum Gasteiger partial charge on any atom is -0.378 e. The Balaban J connectivity index is 1.55. The molecule has 0 spiro atoms. The molecule has 1 aromatic carbocycles. The molecule has 1 amide bonds. The molecular weight excluding hydrogens is 492 g/mol. The van der Waals surface area contributed by atoms with Gasteiger partial charge >= 0.3 is 0 Å². The molecular formula is C26H34N6O4S. The molecule has 2 aromatic heterocycles. The summed E-state index contributed by atoms with van der Waals surface area (Å²) < 4.78 is 33.9. The summed E-state index contributed by atoms with van der Waals surface area (Å²) in [6.45, 7) is 9.45. The number of anilines is 2. The van der Waals surface area contributed by atoms with E-state index in [1.165, 1.54) is 0 Å². The molecule has 1 atom stereocenters. The fourth-order valence-electron chi connectivity index (χ4n) is 5.27. The minimum atomic E-state index is -3.54. The zero-order valence-electron chi connectivity index (χ0n) is 21.8. The number of morpholine rings is 1. The quantitative estimate of drug-likeness (QED) is 0.544. The number of sulfonamides is 1. The lowest BCUT2D eigenvalue weighted by Gasteiger charge is -2.35. The zero-order valence-corrected chi connectivity index (χ0v) is 22.6. The number of benzene rings is 1. The van der Waals surface area contributed by atoms with E-state index in [4.69, 9.17) is 14.8 Å². The van der Waals surface area contributed by atoms with Crippen LogP contribution in [0.3, 0.4) is 0 Å². The molecule has 0 bridgehead atoms. The molecule has 5 rings (SSSR count). The highest BCUT2D eigenvalue weighted by molar-refractivity contribution is 7.92. The van der Waals surface area contributed by atoms with E-state index in [0.717, 1.165) is 72.6 Å². The van der Waals surface area contributed by atoms with Gasteiger partial charge in [0.15, 0.2) is 5.65 Å². The molecule has 3 aromatic rings. The maximum atomic E-state index is 13.9. The second-order valence-corrected chi connectivity index (χ2v) is 11.8. The fourth-order valence-corrected chi connectivity index (χ4v) is 5.85. The smallest absolute Gasteiger partial charge is 0.256 e. The van der Waals surface area contributed by atoms with E-state index in [1.807, 2.05) is 29.3 Å². The standard InChI is InChI=1S/C26H34N6O4S/c1-17-8-9-21(29-37(4,34)35)20(15-17)26(33)31-10-6-5-7-23(31)22-16-24-27-19(3)18(2)25(32(24)28-22)30-11-13-36-14-12-30/h8-9,15-16,23,29H,5-7,10-14H2,1-4H3. The van der Waals surface area contributed by atoms with Gasteiger partial charge in [-0.2, -0.15) is 9.61 Å². The van der Waals surface area contributed by atoms with E-state index < -0.39 is 10.0 Å². The van der Waals surface area contributed by atoms with Gasteiger partial charge in [-0.15, -0.1) is 0 Å². The van der Waals surface area contributed by atoms with Crippen LogP contribution in [-0.4, -0.2) is 72.9 Å². The predicted molar refractivity (Wildman–Crippen MR) is 143 cm³/mol. The fraction of sp³-hybridized carbons (Fsp3) is 0.500. The number of carbonyl (C=O) groups excluding carboxylic acids is 1. The van der Waals surface area contributed by atoms with Crippen molar-refractivity contribution in [3.63, 3.8) is 0 Å². The molecule has 4 heterocycles. The van der Waals surface area contributed by atoms with Crippen molar-refractivity contribution in [2.24, 2.45) is 0 Å². The molecule has 0 aliphatic carbocycles. The highest BCUT2D eigenvalue weighted by atomic mass is 32.2. The summed E-state index contributed by atoms with van der Waals surface area (Å²) in [5, 5.41) is 5.01. The first kappa shape index (κ1) is 25.5. The summed E-state index contributed by atoms with van der Waals surface area (Å²) in [5.74, 6) is 0.814. The first-order valence-electron chi connectivity index (χ1n) is 12.7. The number of carbonyl (C=O) groups is 1. The van der Waals surface area contributed by atoms with E-state index in [1.54, 1.807) is 18.2 Å². The summed E-state index contributed by atoms with van der Waals surface area (Å²) in [7, 11) is -3.54. The molecule has 1 unspecified atom stereocenters. The van der Waals surface area contributed by atoms with E-state index in [2.05, 4.69) is 16.5 Å². The SMILES string of the molecule is Cc1ccc(NS(C)(=O)=O)c(C(=O)N2CCCCC2c2cc3nc(C)c(C)c(N4CCOCC4)n3n2)c1. The third kappa shape index (κ3) is 5.15. The molecule has 198 valence electrons. The molecule has 10 nitrogen and oxygen atoms in total. The van der Waals surface area contributed by atoms with Crippen LogP contribution in [0.25, 0.3) is 5.65 Å². The number of aromatic nitrogens is 3. The summed E-state index contributed by atoms with van der Waals surface area (Å²) in [4.78, 5) is 22.8. The average molecular weight is 527 g/mol. The highest BCUT2D eigenvalue weighted by Crippen LogP contribution is 2.35. The van der Waals surface area contributed by atoms with Gasteiger partial charge in [0.2, 0.25) is 10.0 Å². The van der Waals surface area contributed by atoms with E-state index in [-0.39, 0.29) is 11.9 Å². The van der Waals surface area contributed by atoms with E-state index in [9.17, 15) is 13.2 Å². The number of fused-ring (bicyclic) bond motifs is 1. The molecule has 0 radical (unpaired) electrons. The highest BCUT2D eigenvalue weighted by Gasteiger charge is 2.33. The van der Waals surface area contributed by atoms with E-state index >= 15 is 0 Å². The largest absolute Gasteiger partial charge is 0.378 e. The summed E-state index contributed by atoms with van der Waals surface area (Å²) in [5.41, 5.74) is 5.11. The van der Waals surface area contributed by atoms with Gasteiger partial charge in [0.05, 0.1) is 42.5 Å². The number of likely N-dealkylation sites (tertiary alicyclic amines) is 1. The van der Waals surface area contributed by atoms with Crippen LogP contribution in [0.2, 0.25) is 0 Å². The number of amides is 1. The third-order valence-electron chi connectivity index (χ3n) is 7.19. The lowest BCUT2D eigenvalue weighted by Crippen LogP contribution is -2.39. The number of nitrogens with one attached hydrogen (secondary N) is 1. The number of ether oxygens (including phenoxy) is 1. The normalized spacial score (nSPS) is 18.9. The first-order valence-corrected chi connectivity index (χ1v) is 14.6. The predicted octanol–water partition coefficient (Wildman–Crippen LogP) is 3.23. The molecule has 2 aliphatic rings. The van der Waals surface area contributed by atoms with Gasteiger partial charge in [-0.25, -0.2) is 13.4 Å². The van der Waals surface area contributed by atoms with Gasteiger partial charge in [-0.3, -0.25) is 9.52 Å². The number of rotatable bonds is 5. The van der Waals surface area contributed by atoms with Crippen LogP contribution in [0.5, 0.6) is 0 Å². The van der Waals surface area contributed by atoms with Crippen LogP contribution in [0.4, 0.5) is 11.5 Å². The summed E-state index contributed by atoms with van der Waals surface area (Å²) in [6, 6.07) is 6.95. The summed E-state index contributed by atoms with van der Waals surface area (Å²) >= 11 is 0. The topological polar surface area (TPSA) is 109 Å². The third-order valence-corrected chi connectivity index (χ3v) is 7.78. The molecule has 11 heteroatoms. The van der Waals surface area contributed by atoms with Gasteiger partial charge in [-0.1, -0.05) is 11.6 Å². The van der Waals surface area contributed by atoms with Gasteiger partial charge in [0.1, 0.15) is 5.82 Å². The number of piperidine rings is 1. The van der Waals surface area contributed by atoms with Crippen molar-refractivity contribution >= 4 is 33.1 Å². The van der Waals surface area contributed by atoms with Gasteiger partial charge in [0.25, 0.3) is 5.91 Å². The lowest BCUT2D eigenvalue weighted by molar-refractivity contribution is 0.0606. The monoisotopic (exact) mass is 526 g/mol. The number of nitrogens with zero attached hydrogens (tertiary/aromatic N) is 5. The van der Waals surface area contributed by atoms with Crippen LogP contribution in [0, 0.1) is 20.8 Å². The second-order valence-electron chi connectivity index (χ2n) is 10.0. The average Bonchev–Trinajstić information content (AvgIpc) is 3.28. The maximum absolute atomic E-state index is 13.9. The first-order chi connectivity index (χ1) is 17.6. The Bertz CT molecular complexity index is 1450. The Labute approximate surface area is 217 Å². The van der Waals surface area contributed by atoms with Crippen molar-refractivity contribution in [2.45, 2.75) is 46.1 Å². The molecule has 37 heavy (non-hydrogen) atoms. The van der Waals surface area contributed by atoms with Gasteiger partial charge in [-0.05, 0) is 52.2 Å². The van der Waals surface area contributed by atoms with Crippen molar-refractivity contribution in [1.29, 1.82) is 0 Å². The van der Waals surface area contributed by atoms with Crippen molar-refractivity contribution in [3.05, 3.63) is 52.3 Å². The van der Waals surface area contributed by atoms with Crippen molar-refractivity contribution in [3.8, 4) is 0 Å². The van der Waals surface area contributed by atoms with Gasteiger partial charge < -0.3 is 14.5 Å². The molecule has 2 saturated heterocycles.